The molecule has 3 unspecified atom stereocenters. The predicted octanol–water partition coefficient (Wildman–Crippen LogP) is 1.51. The minimum Gasteiger partial charge on any atom is -0.467 e. The van der Waals surface area contributed by atoms with Gasteiger partial charge in [-0.05, 0) is 25.2 Å². The van der Waals surface area contributed by atoms with Crippen LogP contribution in [0, 0.1) is 11.8 Å². The minimum atomic E-state index is -0.560. The number of ether oxygens (including phenoxy) is 2. The van der Waals surface area contributed by atoms with Crippen LogP contribution in [0.3, 0.4) is 0 Å². The molecule has 0 aromatic carbocycles. The van der Waals surface area contributed by atoms with Crippen molar-refractivity contribution in [3.05, 3.63) is 0 Å². The summed E-state index contributed by atoms with van der Waals surface area (Å²) in [5.41, 5.74) is 0. The lowest BCUT2D eigenvalue weighted by Crippen LogP contribution is -2.46. The largest absolute Gasteiger partial charge is 0.467 e. The Labute approximate surface area is 115 Å². The molecule has 1 saturated heterocycles. The average molecular weight is 271 g/mol. The van der Waals surface area contributed by atoms with Crippen molar-refractivity contribution >= 4 is 11.9 Å². The van der Waals surface area contributed by atoms with Crippen molar-refractivity contribution in [3.63, 3.8) is 0 Å². The van der Waals surface area contributed by atoms with Gasteiger partial charge in [-0.3, -0.25) is 4.79 Å². The second-order valence-electron chi connectivity index (χ2n) is 5.43. The quantitative estimate of drug-likeness (QED) is 0.744. The first-order chi connectivity index (χ1) is 8.99. The summed E-state index contributed by atoms with van der Waals surface area (Å²) >= 11 is 0. The van der Waals surface area contributed by atoms with Gasteiger partial charge in [-0.15, -0.1) is 0 Å². The van der Waals surface area contributed by atoms with E-state index in [-0.39, 0.29) is 23.9 Å². The van der Waals surface area contributed by atoms with Gasteiger partial charge in [-0.2, -0.15) is 0 Å². The van der Waals surface area contributed by atoms with E-state index in [0.29, 0.717) is 18.9 Å². The van der Waals surface area contributed by atoms with E-state index in [1.54, 1.807) is 0 Å². The molecule has 1 rings (SSSR count). The number of esters is 1. The van der Waals surface area contributed by atoms with Crippen molar-refractivity contribution < 1.29 is 19.1 Å². The van der Waals surface area contributed by atoms with Gasteiger partial charge in [0.15, 0.2) is 0 Å². The summed E-state index contributed by atoms with van der Waals surface area (Å²) in [6.45, 7) is 6.64. The van der Waals surface area contributed by atoms with Crippen molar-refractivity contribution in [3.8, 4) is 0 Å². The maximum Gasteiger partial charge on any atom is 0.328 e. The molecule has 0 aromatic heterocycles. The highest BCUT2D eigenvalue weighted by Crippen LogP contribution is 2.23. The minimum absolute atomic E-state index is 0.0302. The SMILES string of the molecule is CCC1OCCC1C(=O)NC(CC(C)C)C(=O)OC. The summed E-state index contributed by atoms with van der Waals surface area (Å²) in [6, 6.07) is -0.560. The molecule has 1 fully saturated rings. The second-order valence-corrected chi connectivity index (χ2v) is 5.43. The van der Waals surface area contributed by atoms with E-state index in [2.05, 4.69) is 5.32 Å². The van der Waals surface area contributed by atoms with Crippen molar-refractivity contribution in [1.29, 1.82) is 0 Å². The van der Waals surface area contributed by atoms with Gasteiger partial charge in [0.25, 0.3) is 0 Å². The Bertz CT molecular complexity index is 317. The van der Waals surface area contributed by atoms with E-state index >= 15 is 0 Å². The standard InChI is InChI=1S/C14H25NO4/c1-5-12-10(6-7-19-12)13(16)15-11(8-9(2)3)14(17)18-4/h9-12H,5-8H2,1-4H3,(H,15,16). The Morgan fingerprint density at radius 1 is 1.42 bits per heavy atom. The highest BCUT2D eigenvalue weighted by Gasteiger charge is 2.35. The highest BCUT2D eigenvalue weighted by atomic mass is 16.5. The van der Waals surface area contributed by atoms with Gasteiger partial charge in [0.05, 0.1) is 19.1 Å². The number of amides is 1. The zero-order chi connectivity index (χ0) is 14.4. The van der Waals surface area contributed by atoms with E-state index in [1.165, 1.54) is 7.11 Å². The van der Waals surface area contributed by atoms with Crippen LogP contribution in [0.1, 0.15) is 40.0 Å². The van der Waals surface area contributed by atoms with Crippen LogP contribution in [-0.2, 0) is 19.1 Å². The van der Waals surface area contributed by atoms with Crippen LogP contribution in [0.25, 0.3) is 0 Å². The Morgan fingerprint density at radius 3 is 2.63 bits per heavy atom. The maximum atomic E-state index is 12.2. The number of rotatable bonds is 6. The summed E-state index contributed by atoms with van der Waals surface area (Å²) in [7, 11) is 1.34. The lowest BCUT2D eigenvalue weighted by Gasteiger charge is -2.22. The normalized spacial score (nSPS) is 24.3. The smallest absolute Gasteiger partial charge is 0.328 e. The van der Waals surface area contributed by atoms with Crippen LogP contribution < -0.4 is 5.32 Å². The summed E-state index contributed by atoms with van der Waals surface area (Å²) in [6.07, 6.45) is 2.09. The zero-order valence-corrected chi connectivity index (χ0v) is 12.3. The van der Waals surface area contributed by atoms with Crippen LogP contribution in [0.4, 0.5) is 0 Å². The van der Waals surface area contributed by atoms with Crippen LogP contribution in [0.2, 0.25) is 0 Å². The molecule has 0 aromatic rings. The molecule has 0 aliphatic carbocycles. The molecular formula is C14H25NO4. The summed E-state index contributed by atoms with van der Waals surface area (Å²) in [4.78, 5) is 23.9. The number of hydrogen-bond acceptors (Lipinski definition) is 4. The molecule has 1 N–H and O–H groups in total. The molecule has 0 radical (unpaired) electrons. The van der Waals surface area contributed by atoms with Crippen molar-refractivity contribution in [2.45, 2.75) is 52.2 Å². The molecule has 1 aliphatic rings. The lowest BCUT2D eigenvalue weighted by atomic mass is 9.97. The van der Waals surface area contributed by atoms with E-state index in [1.807, 2.05) is 20.8 Å². The third-order valence-corrected chi connectivity index (χ3v) is 3.46. The van der Waals surface area contributed by atoms with E-state index in [4.69, 9.17) is 9.47 Å². The molecule has 1 aliphatic heterocycles. The van der Waals surface area contributed by atoms with Gasteiger partial charge in [0.2, 0.25) is 5.91 Å². The van der Waals surface area contributed by atoms with E-state index in [0.717, 1.165) is 12.8 Å². The lowest BCUT2D eigenvalue weighted by molar-refractivity contribution is -0.146. The van der Waals surface area contributed by atoms with E-state index in [9.17, 15) is 9.59 Å². The summed E-state index contributed by atoms with van der Waals surface area (Å²) < 4.78 is 10.3. The highest BCUT2D eigenvalue weighted by molar-refractivity contribution is 5.86. The molecular weight excluding hydrogens is 246 g/mol. The summed E-state index contributed by atoms with van der Waals surface area (Å²) in [5, 5.41) is 2.81. The first-order valence-corrected chi connectivity index (χ1v) is 6.99. The molecule has 5 heteroatoms. The van der Waals surface area contributed by atoms with Gasteiger partial charge in [-0.1, -0.05) is 20.8 Å². The number of methoxy groups -OCH3 is 1. The molecule has 0 bridgehead atoms. The number of nitrogens with one attached hydrogen (secondary N) is 1. The number of carbonyl (C=O) groups is 2. The Balaban J connectivity index is 2.62. The monoisotopic (exact) mass is 271 g/mol. The van der Waals surface area contributed by atoms with Crippen LogP contribution >= 0.6 is 0 Å². The van der Waals surface area contributed by atoms with E-state index < -0.39 is 6.04 Å². The topological polar surface area (TPSA) is 64.6 Å². The average Bonchev–Trinajstić information content (AvgIpc) is 2.84. The predicted molar refractivity (Wildman–Crippen MR) is 71.5 cm³/mol. The van der Waals surface area contributed by atoms with Gasteiger partial charge < -0.3 is 14.8 Å². The van der Waals surface area contributed by atoms with Crippen LogP contribution in [0.15, 0.2) is 0 Å². The van der Waals surface area contributed by atoms with Crippen molar-refractivity contribution in [2.75, 3.05) is 13.7 Å². The Kier molecular flexibility index (Phi) is 6.28. The van der Waals surface area contributed by atoms with Gasteiger partial charge >= 0.3 is 5.97 Å². The van der Waals surface area contributed by atoms with Crippen molar-refractivity contribution in [2.24, 2.45) is 11.8 Å². The van der Waals surface area contributed by atoms with Crippen LogP contribution in [0.5, 0.6) is 0 Å². The van der Waals surface area contributed by atoms with Gasteiger partial charge in [0, 0.05) is 6.61 Å². The molecule has 1 heterocycles. The Morgan fingerprint density at radius 2 is 2.11 bits per heavy atom. The maximum absolute atomic E-state index is 12.2. The number of carbonyl (C=O) groups excluding carboxylic acids is 2. The Hall–Kier alpha value is -1.10. The fraction of sp³-hybridized carbons (Fsp3) is 0.857. The van der Waals surface area contributed by atoms with Gasteiger partial charge in [0.1, 0.15) is 6.04 Å². The second kappa shape index (κ2) is 7.48. The van der Waals surface area contributed by atoms with Gasteiger partial charge in [-0.25, -0.2) is 4.79 Å². The molecule has 110 valence electrons. The third-order valence-electron chi connectivity index (χ3n) is 3.46. The fourth-order valence-electron chi connectivity index (χ4n) is 2.46. The molecule has 3 atom stereocenters. The molecule has 0 saturated carbocycles. The molecule has 19 heavy (non-hydrogen) atoms. The van der Waals surface area contributed by atoms with Crippen molar-refractivity contribution in [1.82, 2.24) is 5.32 Å². The summed E-state index contributed by atoms with van der Waals surface area (Å²) in [5.74, 6) is -0.315. The first-order valence-electron chi connectivity index (χ1n) is 6.99. The molecule has 5 nitrogen and oxygen atoms in total. The third kappa shape index (κ3) is 4.49. The first kappa shape index (κ1) is 16.0. The fourth-order valence-corrected chi connectivity index (χ4v) is 2.46. The zero-order valence-electron chi connectivity index (χ0n) is 12.3. The van der Waals surface area contributed by atoms with Crippen LogP contribution in [-0.4, -0.2) is 37.7 Å². The molecule has 0 spiro atoms. The number of hydrogen-bond donors (Lipinski definition) is 1. The molecule has 1 amide bonds.